The normalized spacial score (nSPS) is 10.7. The van der Waals surface area contributed by atoms with Gasteiger partial charge in [-0.15, -0.1) is 0 Å². The van der Waals surface area contributed by atoms with Gasteiger partial charge in [0.2, 0.25) is 17.6 Å². The summed E-state index contributed by atoms with van der Waals surface area (Å²) in [6.07, 6.45) is 1.99. The average Bonchev–Trinajstić information content (AvgIpc) is 3.45. The highest BCUT2D eigenvalue weighted by atomic mass is 16.6. The number of methoxy groups -OCH3 is 2. The van der Waals surface area contributed by atoms with E-state index < -0.39 is 4.92 Å². The monoisotopic (exact) mass is 530 g/mol. The average molecular weight is 531 g/mol. The molecule has 202 valence electrons. The molecule has 0 saturated heterocycles. The van der Waals surface area contributed by atoms with Crippen molar-refractivity contribution < 1.29 is 23.7 Å². The quantitative estimate of drug-likeness (QED) is 0.177. The number of non-ortho nitro benzene ring substituents is 1. The van der Waals surface area contributed by atoms with Gasteiger partial charge < -0.3 is 18.9 Å². The van der Waals surface area contributed by atoms with Crippen LogP contribution in [0.3, 0.4) is 0 Å². The molecule has 1 aromatic heterocycles. The van der Waals surface area contributed by atoms with Crippen LogP contribution in [0.2, 0.25) is 0 Å². The van der Waals surface area contributed by atoms with E-state index in [2.05, 4.69) is 10.1 Å². The minimum atomic E-state index is -0.470. The van der Waals surface area contributed by atoms with E-state index in [0.717, 1.165) is 11.1 Å². The second-order valence-electron chi connectivity index (χ2n) is 8.87. The van der Waals surface area contributed by atoms with E-state index in [4.69, 9.17) is 14.0 Å². The van der Waals surface area contributed by atoms with Crippen LogP contribution in [-0.2, 0) is 24.1 Å². The standard InChI is InChI=1S/C29H30N4O6/c1-37-25-13-11-22(19-26(25)38-2)15-17-32(28(34)14-12-21-7-4-3-5-8-21)18-16-27-30-29(31-39-27)23-9-6-10-24(20-23)33(35)36/h3-11,13,19-20H,12,14-18H2,1-2H3. The Labute approximate surface area is 226 Å². The van der Waals surface area contributed by atoms with Crippen LogP contribution >= 0.6 is 0 Å². The molecule has 0 bridgehead atoms. The van der Waals surface area contributed by atoms with Crippen molar-refractivity contribution >= 4 is 11.6 Å². The summed E-state index contributed by atoms with van der Waals surface area (Å²) in [4.78, 5) is 30.1. The molecule has 39 heavy (non-hydrogen) atoms. The molecule has 0 aliphatic rings. The second-order valence-corrected chi connectivity index (χ2v) is 8.87. The molecule has 4 rings (SSSR count). The molecule has 0 N–H and O–H groups in total. The maximum Gasteiger partial charge on any atom is 0.270 e. The predicted molar refractivity (Wildman–Crippen MR) is 145 cm³/mol. The number of nitro groups is 1. The van der Waals surface area contributed by atoms with Crippen molar-refractivity contribution in [2.24, 2.45) is 0 Å². The van der Waals surface area contributed by atoms with Gasteiger partial charge in [-0.3, -0.25) is 14.9 Å². The maximum absolute atomic E-state index is 13.3. The zero-order valence-corrected chi connectivity index (χ0v) is 21.9. The van der Waals surface area contributed by atoms with E-state index >= 15 is 0 Å². The predicted octanol–water partition coefficient (Wildman–Crippen LogP) is 4.91. The van der Waals surface area contributed by atoms with Crippen LogP contribution in [0.15, 0.2) is 77.3 Å². The molecule has 0 aliphatic heterocycles. The SMILES string of the molecule is COc1ccc(CCN(CCc2nc(-c3cccc([N+](=O)[O-])c3)no2)C(=O)CCc2ccccc2)cc1OC. The zero-order valence-electron chi connectivity index (χ0n) is 21.9. The summed E-state index contributed by atoms with van der Waals surface area (Å²) >= 11 is 0. The summed E-state index contributed by atoms with van der Waals surface area (Å²) in [5.41, 5.74) is 2.55. The largest absolute Gasteiger partial charge is 0.493 e. The van der Waals surface area contributed by atoms with Crippen molar-refractivity contribution in [2.45, 2.75) is 25.7 Å². The number of rotatable bonds is 13. The molecular formula is C29H30N4O6. The minimum Gasteiger partial charge on any atom is -0.493 e. The summed E-state index contributed by atoms with van der Waals surface area (Å²) in [7, 11) is 3.18. The smallest absolute Gasteiger partial charge is 0.270 e. The summed E-state index contributed by atoms with van der Waals surface area (Å²) in [6, 6.07) is 21.7. The van der Waals surface area contributed by atoms with Crippen molar-refractivity contribution in [2.75, 3.05) is 27.3 Å². The summed E-state index contributed by atoms with van der Waals surface area (Å²) in [5.74, 6) is 1.92. The Morgan fingerprint density at radius 1 is 0.897 bits per heavy atom. The molecular weight excluding hydrogens is 500 g/mol. The highest BCUT2D eigenvalue weighted by molar-refractivity contribution is 5.76. The third-order valence-corrected chi connectivity index (χ3v) is 6.32. The number of ether oxygens (including phenoxy) is 2. The van der Waals surface area contributed by atoms with Crippen molar-refractivity contribution in [3.05, 3.63) is 99.9 Å². The van der Waals surface area contributed by atoms with Crippen LogP contribution in [0.25, 0.3) is 11.4 Å². The number of hydrogen-bond donors (Lipinski definition) is 0. The van der Waals surface area contributed by atoms with Crippen molar-refractivity contribution in [1.29, 1.82) is 0 Å². The van der Waals surface area contributed by atoms with Gasteiger partial charge in [-0.25, -0.2) is 0 Å². The van der Waals surface area contributed by atoms with Gasteiger partial charge in [0.15, 0.2) is 11.5 Å². The lowest BCUT2D eigenvalue weighted by Crippen LogP contribution is -2.35. The molecule has 0 atom stereocenters. The van der Waals surface area contributed by atoms with E-state index in [0.29, 0.717) is 61.7 Å². The highest BCUT2D eigenvalue weighted by Gasteiger charge is 2.18. The molecule has 0 saturated carbocycles. The van der Waals surface area contributed by atoms with Crippen molar-refractivity contribution in [3.63, 3.8) is 0 Å². The molecule has 0 radical (unpaired) electrons. The van der Waals surface area contributed by atoms with Gasteiger partial charge in [0, 0.05) is 43.6 Å². The Hall–Kier alpha value is -4.73. The first-order valence-electron chi connectivity index (χ1n) is 12.6. The van der Waals surface area contributed by atoms with E-state index in [9.17, 15) is 14.9 Å². The number of aryl methyl sites for hydroxylation is 1. The fraction of sp³-hybridized carbons (Fsp3) is 0.276. The van der Waals surface area contributed by atoms with Crippen molar-refractivity contribution in [1.82, 2.24) is 15.0 Å². The number of carbonyl (C=O) groups is 1. The third-order valence-electron chi connectivity index (χ3n) is 6.32. The molecule has 0 spiro atoms. The maximum atomic E-state index is 13.3. The highest BCUT2D eigenvalue weighted by Crippen LogP contribution is 2.28. The van der Waals surface area contributed by atoms with Gasteiger partial charge >= 0.3 is 0 Å². The lowest BCUT2D eigenvalue weighted by molar-refractivity contribution is -0.384. The summed E-state index contributed by atoms with van der Waals surface area (Å²) in [6.45, 7) is 0.881. The van der Waals surface area contributed by atoms with Crippen LogP contribution in [0.5, 0.6) is 11.5 Å². The zero-order chi connectivity index (χ0) is 27.6. The first kappa shape index (κ1) is 27.3. The van der Waals surface area contributed by atoms with Crippen molar-refractivity contribution in [3.8, 4) is 22.9 Å². The number of hydrogen-bond acceptors (Lipinski definition) is 8. The molecule has 0 fully saturated rings. The number of amides is 1. The Morgan fingerprint density at radius 3 is 2.41 bits per heavy atom. The summed E-state index contributed by atoms with van der Waals surface area (Å²) < 4.78 is 16.1. The first-order chi connectivity index (χ1) is 19.0. The number of nitro benzene ring substituents is 1. The molecule has 0 aliphatic carbocycles. The molecule has 1 heterocycles. The molecule has 0 unspecified atom stereocenters. The fourth-order valence-electron chi connectivity index (χ4n) is 4.18. The molecule has 3 aromatic carbocycles. The molecule has 10 heteroatoms. The van der Waals surface area contributed by atoms with Crippen LogP contribution < -0.4 is 9.47 Å². The van der Waals surface area contributed by atoms with E-state index in [1.807, 2.05) is 48.5 Å². The van der Waals surface area contributed by atoms with Gasteiger partial charge in [0.25, 0.3) is 5.69 Å². The Bertz CT molecular complexity index is 1410. The van der Waals surface area contributed by atoms with Gasteiger partial charge in [0.1, 0.15) is 0 Å². The van der Waals surface area contributed by atoms with Gasteiger partial charge in [-0.1, -0.05) is 53.7 Å². The van der Waals surface area contributed by atoms with E-state index in [1.54, 1.807) is 31.3 Å². The van der Waals surface area contributed by atoms with Crippen LogP contribution in [0.1, 0.15) is 23.4 Å². The van der Waals surface area contributed by atoms with E-state index in [1.165, 1.54) is 12.1 Å². The second kappa shape index (κ2) is 13.2. The third kappa shape index (κ3) is 7.41. The fourth-order valence-corrected chi connectivity index (χ4v) is 4.18. The molecule has 10 nitrogen and oxygen atoms in total. The first-order valence-corrected chi connectivity index (χ1v) is 12.6. The Balaban J connectivity index is 1.44. The number of benzene rings is 3. The number of aromatic nitrogens is 2. The van der Waals surface area contributed by atoms with Crippen LogP contribution in [0.4, 0.5) is 5.69 Å². The Kier molecular flexibility index (Phi) is 9.23. The lowest BCUT2D eigenvalue weighted by Gasteiger charge is -2.22. The van der Waals surface area contributed by atoms with E-state index in [-0.39, 0.29) is 17.4 Å². The van der Waals surface area contributed by atoms with Crippen LogP contribution in [-0.4, -0.2) is 53.2 Å². The van der Waals surface area contributed by atoms with Gasteiger partial charge in [-0.2, -0.15) is 4.98 Å². The number of nitrogens with zero attached hydrogens (tertiary/aromatic N) is 4. The van der Waals surface area contributed by atoms with Crippen LogP contribution in [0, 0.1) is 10.1 Å². The number of carbonyl (C=O) groups excluding carboxylic acids is 1. The topological polar surface area (TPSA) is 121 Å². The minimum absolute atomic E-state index is 0.0257. The molecule has 1 amide bonds. The summed E-state index contributed by atoms with van der Waals surface area (Å²) in [5, 5.41) is 15.1. The van der Waals surface area contributed by atoms with Gasteiger partial charge in [-0.05, 0) is 36.1 Å². The molecule has 4 aromatic rings. The van der Waals surface area contributed by atoms with Gasteiger partial charge in [0.05, 0.1) is 19.1 Å². The lowest BCUT2D eigenvalue weighted by atomic mass is 10.1. The Morgan fingerprint density at radius 2 is 1.67 bits per heavy atom.